The number of aromatic nitrogens is 2. The van der Waals surface area contributed by atoms with Gasteiger partial charge in [0.05, 0.1) is 29.9 Å². The van der Waals surface area contributed by atoms with Crippen molar-refractivity contribution in [2.75, 3.05) is 19.0 Å². The van der Waals surface area contributed by atoms with Gasteiger partial charge in [0.15, 0.2) is 18.1 Å². The Balaban J connectivity index is 1.54. The number of fused-ring (bicyclic) bond motifs is 1. The summed E-state index contributed by atoms with van der Waals surface area (Å²) in [4.78, 5) is 39.7. The molecule has 0 aliphatic heterocycles. The largest absolute Gasteiger partial charge is 0.493 e. The maximum atomic E-state index is 13.7. The van der Waals surface area contributed by atoms with E-state index < -0.39 is 29.6 Å². The average molecular weight is 541 g/mol. The number of nitrogens with one attached hydrogen (secondary N) is 2. The number of hydrogen-bond acceptors (Lipinski definition) is 6. The number of anilines is 1. The summed E-state index contributed by atoms with van der Waals surface area (Å²) in [5.74, 6) is -0.614. The summed E-state index contributed by atoms with van der Waals surface area (Å²) in [6.45, 7) is -0.396. The van der Waals surface area contributed by atoms with Crippen LogP contribution >= 0.6 is 15.9 Å². The standard InChI is InChI=1S/C24H18BrFN4O5/c1-34-20-10-14(12-27-30-23(32)15-6-2-4-8-18(15)29-24(30)33)16(25)11-21(20)35-13-22(31)28-19-9-5-3-7-17(19)26/h2-12H,13H2,1H3,(H,28,31)(H,29,33). The lowest BCUT2D eigenvalue weighted by atomic mass is 10.2. The lowest BCUT2D eigenvalue weighted by Crippen LogP contribution is -2.32. The van der Waals surface area contributed by atoms with Crippen LogP contribution in [0.1, 0.15) is 5.56 Å². The van der Waals surface area contributed by atoms with Crippen LogP contribution in [0.5, 0.6) is 11.5 Å². The van der Waals surface area contributed by atoms with Crippen LogP contribution in [0.25, 0.3) is 10.9 Å². The average Bonchev–Trinajstić information content (AvgIpc) is 2.85. The normalized spacial score (nSPS) is 11.1. The first-order valence-electron chi connectivity index (χ1n) is 10.2. The van der Waals surface area contributed by atoms with Crippen LogP contribution in [-0.4, -0.2) is 35.5 Å². The number of aromatic amines is 1. The molecule has 4 rings (SSSR count). The predicted octanol–water partition coefficient (Wildman–Crippen LogP) is 3.50. The van der Waals surface area contributed by atoms with Gasteiger partial charge in [-0.15, -0.1) is 4.68 Å². The summed E-state index contributed by atoms with van der Waals surface area (Å²) in [7, 11) is 1.41. The molecule has 1 amide bonds. The van der Waals surface area contributed by atoms with Crippen LogP contribution in [0.3, 0.4) is 0 Å². The number of methoxy groups -OCH3 is 1. The molecule has 0 unspecified atom stereocenters. The van der Waals surface area contributed by atoms with E-state index in [1.807, 2.05) is 0 Å². The maximum absolute atomic E-state index is 13.7. The van der Waals surface area contributed by atoms with Crippen molar-refractivity contribution in [3.05, 3.63) is 97.4 Å². The first kappa shape index (κ1) is 23.9. The highest BCUT2D eigenvalue weighted by Gasteiger charge is 2.13. The molecule has 4 aromatic rings. The second-order valence-corrected chi connectivity index (χ2v) is 8.03. The molecule has 9 nitrogen and oxygen atoms in total. The topological polar surface area (TPSA) is 115 Å². The van der Waals surface area contributed by atoms with Gasteiger partial charge in [0.25, 0.3) is 11.5 Å². The van der Waals surface area contributed by atoms with Gasteiger partial charge in [0.2, 0.25) is 0 Å². The summed E-state index contributed by atoms with van der Waals surface area (Å²) < 4.78 is 25.8. The number of nitrogens with zero attached hydrogens (tertiary/aromatic N) is 2. The molecular weight excluding hydrogens is 523 g/mol. The summed E-state index contributed by atoms with van der Waals surface area (Å²) in [5.41, 5.74) is -0.320. The first-order valence-corrected chi connectivity index (χ1v) is 11.0. The number of H-pyrrole nitrogens is 1. The highest BCUT2D eigenvalue weighted by atomic mass is 79.9. The Kier molecular flexibility index (Phi) is 7.06. The third kappa shape index (κ3) is 5.30. The van der Waals surface area contributed by atoms with Gasteiger partial charge in [0, 0.05) is 10.0 Å². The summed E-state index contributed by atoms with van der Waals surface area (Å²) in [6.07, 6.45) is 1.31. The molecule has 0 aliphatic carbocycles. The van der Waals surface area contributed by atoms with Gasteiger partial charge in [-0.3, -0.25) is 9.59 Å². The number of carbonyl (C=O) groups excluding carboxylic acids is 1. The number of carbonyl (C=O) groups is 1. The van der Waals surface area contributed by atoms with Crippen molar-refractivity contribution < 1.29 is 18.7 Å². The minimum atomic E-state index is -0.686. The van der Waals surface area contributed by atoms with Gasteiger partial charge in [-0.1, -0.05) is 24.3 Å². The molecule has 178 valence electrons. The minimum absolute atomic E-state index is 0.0414. The molecule has 3 aromatic carbocycles. The highest BCUT2D eigenvalue weighted by Crippen LogP contribution is 2.33. The van der Waals surface area contributed by atoms with E-state index in [1.54, 1.807) is 42.5 Å². The molecule has 0 spiro atoms. The summed E-state index contributed by atoms with van der Waals surface area (Å²) >= 11 is 3.38. The van der Waals surface area contributed by atoms with Gasteiger partial charge in [-0.2, -0.15) is 5.10 Å². The molecule has 11 heteroatoms. The Hall–Kier alpha value is -4.25. The van der Waals surface area contributed by atoms with Crippen molar-refractivity contribution in [1.82, 2.24) is 9.66 Å². The number of benzene rings is 3. The van der Waals surface area contributed by atoms with Crippen molar-refractivity contribution in [3.8, 4) is 11.5 Å². The molecule has 0 fully saturated rings. The maximum Gasteiger partial charge on any atom is 0.349 e. The fourth-order valence-corrected chi connectivity index (χ4v) is 3.62. The Morgan fingerprint density at radius 3 is 2.66 bits per heavy atom. The molecule has 2 N–H and O–H groups in total. The second-order valence-electron chi connectivity index (χ2n) is 7.18. The molecule has 35 heavy (non-hydrogen) atoms. The van der Waals surface area contributed by atoms with E-state index in [4.69, 9.17) is 9.47 Å². The molecule has 0 radical (unpaired) electrons. The van der Waals surface area contributed by atoms with Crippen molar-refractivity contribution in [2.24, 2.45) is 5.10 Å². The van der Waals surface area contributed by atoms with Gasteiger partial charge >= 0.3 is 5.69 Å². The van der Waals surface area contributed by atoms with Gasteiger partial charge in [0.1, 0.15) is 5.82 Å². The van der Waals surface area contributed by atoms with Gasteiger partial charge < -0.3 is 19.8 Å². The van der Waals surface area contributed by atoms with Crippen LogP contribution in [-0.2, 0) is 4.79 Å². The van der Waals surface area contributed by atoms with Crippen molar-refractivity contribution in [3.63, 3.8) is 0 Å². The lowest BCUT2D eigenvalue weighted by molar-refractivity contribution is -0.118. The number of hydrogen-bond donors (Lipinski definition) is 2. The number of para-hydroxylation sites is 2. The Bertz CT molecular complexity index is 1560. The molecule has 1 heterocycles. The van der Waals surface area contributed by atoms with E-state index in [9.17, 15) is 18.8 Å². The highest BCUT2D eigenvalue weighted by molar-refractivity contribution is 9.10. The Morgan fingerprint density at radius 1 is 1.14 bits per heavy atom. The third-order valence-electron chi connectivity index (χ3n) is 4.89. The summed E-state index contributed by atoms with van der Waals surface area (Å²) in [6, 6.07) is 15.5. The quantitative estimate of drug-likeness (QED) is 0.348. The van der Waals surface area contributed by atoms with Crippen LogP contribution in [0.2, 0.25) is 0 Å². The molecule has 0 atom stereocenters. The van der Waals surface area contributed by atoms with Gasteiger partial charge in [-0.25, -0.2) is 9.18 Å². The zero-order valence-corrected chi connectivity index (χ0v) is 19.8. The second kappa shape index (κ2) is 10.3. The molecule has 0 bridgehead atoms. The number of ether oxygens (including phenoxy) is 2. The van der Waals surface area contributed by atoms with Gasteiger partial charge in [-0.05, 0) is 52.3 Å². The van der Waals surface area contributed by atoms with Crippen LogP contribution in [0.4, 0.5) is 10.1 Å². The zero-order valence-electron chi connectivity index (χ0n) is 18.2. The van der Waals surface area contributed by atoms with E-state index in [0.717, 1.165) is 4.68 Å². The monoisotopic (exact) mass is 540 g/mol. The fraction of sp³-hybridized carbons (Fsp3) is 0.0833. The third-order valence-corrected chi connectivity index (χ3v) is 5.57. The van der Waals surface area contributed by atoms with Crippen molar-refractivity contribution >= 4 is 44.6 Å². The molecule has 1 aromatic heterocycles. The zero-order chi connectivity index (χ0) is 24.9. The fourth-order valence-electron chi connectivity index (χ4n) is 3.19. The van der Waals surface area contributed by atoms with E-state index in [-0.39, 0.29) is 17.2 Å². The Labute approximate surface area is 205 Å². The van der Waals surface area contributed by atoms with Crippen LogP contribution in [0, 0.1) is 5.82 Å². The van der Waals surface area contributed by atoms with Crippen molar-refractivity contribution in [1.29, 1.82) is 0 Å². The smallest absolute Gasteiger partial charge is 0.349 e. The van der Waals surface area contributed by atoms with E-state index in [1.165, 1.54) is 31.5 Å². The first-order chi connectivity index (χ1) is 16.9. The van der Waals surface area contributed by atoms with E-state index in [0.29, 0.717) is 20.9 Å². The minimum Gasteiger partial charge on any atom is -0.493 e. The van der Waals surface area contributed by atoms with E-state index in [2.05, 4.69) is 31.3 Å². The predicted molar refractivity (Wildman–Crippen MR) is 133 cm³/mol. The number of rotatable bonds is 7. The van der Waals surface area contributed by atoms with Crippen molar-refractivity contribution in [2.45, 2.75) is 0 Å². The lowest BCUT2D eigenvalue weighted by Gasteiger charge is -2.13. The number of halogens is 2. The Morgan fingerprint density at radius 2 is 1.89 bits per heavy atom. The molecule has 0 aliphatic rings. The van der Waals surface area contributed by atoms with Crippen LogP contribution in [0.15, 0.2) is 79.8 Å². The molecule has 0 saturated heterocycles. The number of amides is 1. The molecule has 0 saturated carbocycles. The van der Waals surface area contributed by atoms with Crippen LogP contribution < -0.4 is 26.0 Å². The molecular formula is C24H18BrFN4O5. The summed E-state index contributed by atoms with van der Waals surface area (Å²) in [5, 5.41) is 6.78. The SMILES string of the molecule is COc1cc(C=Nn2c(=O)[nH]c3ccccc3c2=O)c(Br)cc1OCC(=O)Nc1ccccc1F. The van der Waals surface area contributed by atoms with E-state index >= 15 is 0 Å².